The molecule has 36 heavy (non-hydrogen) atoms. The summed E-state index contributed by atoms with van der Waals surface area (Å²) in [4.78, 5) is 28.4. The van der Waals surface area contributed by atoms with E-state index in [1.165, 1.54) is 22.7 Å². The molecule has 1 N–H and O–H groups in total. The molecule has 0 saturated carbocycles. The number of nitrogens with one attached hydrogen (secondary N) is 1. The molecule has 0 unspecified atom stereocenters. The lowest BCUT2D eigenvalue weighted by Crippen LogP contribution is -2.51. The second-order valence-corrected chi connectivity index (χ2v) is 10.0. The van der Waals surface area contributed by atoms with Crippen LogP contribution in [-0.4, -0.2) is 35.1 Å². The van der Waals surface area contributed by atoms with Crippen molar-refractivity contribution in [2.24, 2.45) is 0 Å². The summed E-state index contributed by atoms with van der Waals surface area (Å²) < 4.78 is 14.6. The fourth-order valence-corrected chi connectivity index (χ4v) is 4.79. The van der Waals surface area contributed by atoms with E-state index in [0.29, 0.717) is 29.3 Å². The smallest absolute Gasteiger partial charge is 0.243 e. The van der Waals surface area contributed by atoms with Gasteiger partial charge in [0.2, 0.25) is 11.8 Å². The Hall–Kier alpha value is -2.83. The summed E-state index contributed by atoms with van der Waals surface area (Å²) in [6.07, 6.45) is 2.14. The van der Waals surface area contributed by atoms with Gasteiger partial charge in [-0.3, -0.25) is 9.59 Å². The van der Waals surface area contributed by atoms with E-state index in [4.69, 9.17) is 11.6 Å². The molecule has 190 valence electrons. The number of carbonyl (C=O) groups is 2. The minimum absolute atomic E-state index is 0.0196. The Morgan fingerprint density at radius 1 is 0.972 bits per heavy atom. The number of hydrogen-bond donors (Lipinski definition) is 1. The molecule has 3 rings (SSSR count). The molecular formula is C29H32ClFN2O2S. The summed E-state index contributed by atoms with van der Waals surface area (Å²) in [5.41, 5.74) is 2.37. The minimum Gasteiger partial charge on any atom is -0.354 e. The highest BCUT2D eigenvalue weighted by Gasteiger charge is 2.30. The van der Waals surface area contributed by atoms with Gasteiger partial charge in [0.05, 0.1) is 5.75 Å². The van der Waals surface area contributed by atoms with Crippen molar-refractivity contribution in [1.29, 1.82) is 0 Å². The Labute approximate surface area is 222 Å². The number of unbranched alkanes of at least 4 members (excludes halogenated alkanes) is 1. The first-order valence-corrected chi connectivity index (χ1v) is 13.7. The Bertz CT molecular complexity index is 1110. The molecule has 0 spiro atoms. The van der Waals surface area contributed by atoms with Gasteiger partial charge in [0.1, 0.15) is 11.9 Å². The van der Waals surface area contributed by atoms with Crippen LogP contribution in [0.5, 0.6) is 0 Å². The maximum atomic E-state index is 14.6. The van der Waals surface area contributed by atoms with Crippen molar-refractivity contribution < 1.29 is 14.0 Å². The van der Waals surface area contributed by atoms with Gasteiger partial charge in [0.15, 0.2) is 0 Å². The van der Waals surface area contributed by atoms with E-state index >= 15 is 0 Å². The zero-order chi connectivity index (χ0) is 25.8. The van der Waals surface area contributed by atoms with Gasteiger partial charge in [0, 0.05) is 35.8 Å². The Kier molecular flexibility index (Phi) is 11.3. The van der Waals surface area contributed by atoms with E-state index in [0.717, 1.165) is 24.0 Å². The number of rotatable bonds is 13. The predicted octanol–water partition coefficient (Wildman–Crippen LogP) is 6.27. The number of thioether (sulfide) groups is 1. The van der Waals surface area contributed by atoms with Crippen LogP contribution in [-0.2, 0) is 28.3 Å². The summed E-state index contributed by atoms with van der Waals surface area (Å²) >= 11 is 7.43. The molecule has 2 amide bonds. The summed E-state index contributed by atoms with van der Waals surface area (Å²) in [6, 6.07) is 22.7. The number of carbonyl (C=O) groups excluding carboxylic acids is 2. The van der Waals surface area contributed by atoms with Crippen LogP contribution in [0.25, 0.3) is 0 Å². The van der Waals surface area contributed by atoms with Crippen LogP contribution < -0.4 is 5.32 Å². The maximum Gasteiger partial charge on any atom is 0.243 e. The molecule has 7 heteroatoms. The highest BCUT2D eigenvalue weighted by atomic mass is 35.5. The van der Waals surface area contributed by atoms with Crippen molar-refractivity contribution in [3.63, 3.8) is 0 Å². The lowest BCUT2D eigenvalue weighted by atomic mass is 10.0. The summed E-state index contributed by atoms with van der Waals surface area (Å²) in [5, 5.41) is 3.64. The monoisotopic (exact) mass is 526 g/mol. The van der Waals surface area contributed by atoms with E-state index in [2.05, 4.69) is 12.2 Å². The lowest BCUT2D eigenvalue weighted by Gasteiger charge is -2.31. The molecule has 1 atom stereocenters. The number of nitrogens with zero attached hydrogens (tertiary/aromatic N) is 1. The fourth-order valence-electron chi connectivity index (χ4n) is 3.79. The summed E-state index contributed by atoms with van der Waals surface area (Å²) in [6.45, 7) is 2.61. The third-order valence-corrected chi connectivity index (χ3v) is 7.05. The summed E-state index contributed by atoms with van der Waals surface area (Å²) in [5.74, 6) is -0.0231. The van der Waals surface area contributed by atoms with Crippen LogP contribution in [0.3, 0.4) is 0 Å². The first-order valence-electron chi connectivity index (χ1n) is 12.1. The van der Waals surface area contributed by atoms with Gasteiger partial charge in [-0.1, -0.05) is 85.6 Å². The second-order valence-electron chi connectivity index (χ2n) is 8.58. The van der Waals surface area contributed by atoms with Crippen LogP contribution in [0.4, 0.5) is 4.39 Å². The maximum absolute atomic E-state index is 14.6. The highest BCUT2D eigenvalue weighted by molar-refractivity contribution is 7.99. The molecule has 0 bridgehead atoms. The molecule has 0 aliphatic carbocycles. The van der Waals surface area contributed by atoms with Gasteiger partial charge in [-0.15, -0.1) is 11.8 Å². The lowest BCUT2D eigenvalue weighted by molar-refractivity contribution is -0.139. The van der Waals surface area contributed by atoms with E-state index in [-0.39, 0.29) is 24.1 Å². The second kappa shape index (κ2) is 14.7. The zero-order valence-electron chi connectivity index (χ0n) is 20.5. The third kappa shape index (κ3) is 8.68. The molecule has 0 saturated heterocycles. The molecule has 4 nitrogen and oxygen atoms in total. The molecule has 3 aromatic carbocycles. The molecule has 0 aliphatic heterocycles. The quantitative estimate of drug-likeness (QED) is 0.267. The Morgan fingerprint density at radius 2 is 1.67 bits per heavy atom. The Balaban J connectivity index is 1.83. The van der Waals surface area contributed by atoms with E-state index in [1.54, 1.807) is 18.2 Å². The molecule has 0 aliphatic rings. The molecule has 0 radical (unpaired) electrons. The summed E-state index contributed by atoms with van der Waals surface area (Å²) in [7, 11) is 0. The number of benzene rings is 3. The highest BCUT2D eigenvalue weighted by Crippen LogP contribution is 2.20. The minimum atomic E-state index is -0.757. The fraction of sp³-hybridized carbons (Fsp3) is 0.310. The van der Waals surface area contributed by atoms with Gasteiger partial charge in [0.25, 0.3) is 0 Å². The topological polar surface area (TPSA) is 49.4 Å². The number of hydrogen-bond acceptors (Lipinski definition) is 3. The normalized spacial score (nSPS) is 11.6. The van der Waals surface area contributed by atoms with E-state index in [1.807, 2.05) is 54.6 Å². The predicted molar refractivity (Wildman–Crippen MR) is 146 cm³/mol. The number of amides is 2. The Morgan fingerprint density at radius 3 is 2.36 bits per heavy atom. The largest absolute Gasteiger partial charge is 0.354 e. The van der Waals surface area contributed by atoms with Crippen LogP contribution in [0.2, 0.25) is 5.02 Å². The zero-order valence-corrected chi connectivity index (χ0v) is 22.0. The molecule has 0 aromatic heterocycles. The first-order chi connectivity index (χ1) is 17.5. The molecule has 3 aromatic rings. The molecule has 0 heterocycles. The van der Waals surface area contributed by atoms with Gasteiger partial charge >= 0.3 is 0 Å². The first kappa shape index (κ1) is 27.8. The number of halogens is 2. The van der Waals surface area contributed by atoms with Crippen LogP contribution in [0, 0.1) is 5.82 Å². The van der Waals surface area contributed by atoms with Gasteiger partial charge in [-0.05, 0) is 35.7 Å². The standard InChI is InChI=1S/C29H32ClFN2O2S/c1-2-3-17-32-29(35)27(18-22-9-5-4-6-10-22)33(19-24-11-7-8-12-26(24)31)28(34)21-36-20-23-13-15-25(30)16-14-23/h4-16,27H,2-3,17-21H2,1H3,(H,32,35)/t27-/m1/s1. The van der Waals surface area contributed by atoms with Gasteiger partial charge in [-0.25, -0.2) is 4.39 Å². The average Bonchev–Trinajstić information content (AvgIpc) is 2.89. The van der Waals surface area contributed by atoms with E-state index in [9.17, 15) is 14.0 Å². The SMILES string of the molecule is CCCCNC(=O)[C@@H](Cc1ccccc1)N(Cc1ccccc1F)C(=O)CSCc1ccc(Cl)cc1. The van der Waals surface area contributed by atoms with Crippen LogP contribution in [0.1, 0.15) is 36.5 Å². The molecule has 0 fully saturated rings. The molecular weight excluding hydrogens is 495 g/mol. The van der Waals surface area contributed by atoms with Crippen molar-refractivity contribution in [1.82, 2.24) is 10.2 Å². The van der Waals surface area contributed by atoms with Crippen molar-refractivity contribution in [3.05, 3.63) is 106 Å². The van der Waals surface area contributed by atoms with E-state index < -0.39 is 11.9 Å². The van der Waals surface area contributed by atoms with Crippen LogP contribution >= 0.6 is 23.4 Å². The average molecular weight is 527 g/mol. The van der Waals surface area contributed by atoms with Gasteiger partial charge < -0.3 is 10.2 Å². The van der Waals surface area contributed by atoms with Crippen molar-refractivity contribution >= 4 is 35.2 Å². The van der Waals surface area contributed by atoms with Crippen LogP contribution in [0.15, 0.2) is 78.9 Å². The van der Waals surface area contributed by atoms with Crippen molar-refractivity contribution in [3.8, 4) is 0 Å². The van der Waals surface area contributed by atoms with Crippen molar-refractivity contribution in [2.45, 2.75) is 44.5 Å². The third-order valence-electron chi connectivity index (χ3n) is 5.81. The van der Waals surface area contributed by atoms with Crippen molar-refractivity contribution in [2.75, 3.05) is 12.3 Å². The van der Waals surface area contributed by atoms with Gasteiger partial charge in [-0.2, -0.15) is 0 Å².